The Labute approximate surface area is 97.5 Å². The number of rotatable bonds is 2. The molecule has 4 rings (SSSR count). The highest BCUT2D eigenvalue weighted by Crippen LogP contribution is 2.54. The maximum Gasteiger partial charge on any atom is 0.0236 e. The van der Waals surface area contributed by atoms with E-state index in [1.54, 1.807) is 6.42 Å². The summed E-state index contributed by atoms with van der Waals surface area (Å²) in [4.78, 5) is 2.76. The maximum atomic E-state index is 2.76. The molecule has 1 saturated heterocycles. The van der Waals surface area contributed by atoms with Crippen LogP contribution in [-0.4, -0.2) is 17.5 Å². The Morgan fingerprint density at radius 2 is 1.94 bits per heavy atom. The molecule has 3 fully saturated rings. The van der Waals surface area contributed by atoms with Crippen LogP contribution in [0.15, 0.2) is 30.3 Å². The SMILES string of the molecule is c1ccc(CN2CC3CC4CC3C2C4)cc1. The van der Waals surface area contributed by atoms with E-state index in [0.717, 1.165) is 23.8 Å². The fraction of sp³-hybridized carbons (Fsp3) is 0.600. The molecule has 2 bridgehead atoms. The molecular weight excluding hydrogens is 194 g/mol. The summed E-state index contributed by atoms with van der Waals surface area (Å²) in [7, 11) is 0. The maximum absolute atomic E-state index is 2.76. The van der Waals surface area contributed by atoms with Gasteiger partial charge >= 0.3 is 0 Å². The molecule has 0 amide bonds. The molecule has 2 saturated carbocycles. The van der Waals surface area contributed by atoms with Gasteiger partial charge in [-0.3, -0.25) is 4.90 Å². The van der Waals surface area contributed by atoms with E-state index in [2.05, 4.69) is 35.2 Å². The zero-order valence-electron chi connectivity index (χ0n) is 9.68. The van der Waals surface area contributed by atoms with Crippen LogP contribution in [-0.2, 0) is 6.54 Å². The number of benzene rings is 1. The first-order valence-corrected chi connectivity index (χ1v) is 6.68. The van der Waals surface area contributed by atoms with Crippen molar-refractivity contribution in [2.75, 3.05) is 6.54 Å². The van der Waals surface area contributed by atoms with Crippen LogP contribution in [0.25, 0.3) is 0 Å². The normalized spacial score (nSPS) is 40.8. The number of hydrogen-bond acceptors (Lipinski definition) is 1. The first kappa shape index (κ1) is 9.23. The van der Waals surface area contributed by atoms with E-state index in [1.165, 1.54) is 31.5 Å². The second-order valence-corrected chi connectivity index (χ2v) is 5.98. The van der Waals surface area contributed by atoms with Crippen LogP contribution in [0.4, 0.5) is 0 Å². The summed E-state index contributed by atoms with van der Waals surface area (Å²) in [6.07, 6.45) is 4.57. The van der Waals surface area contributed by atoms with Gasteiger partial charge in [0.25, 0.3) is 0 Å². The Morgan fingerprint density at radius 1 is 1.06 bits per heavy atom. The van der Waals surface area contributed by atoms with E-state index >= 15 is 0 Å². The van der Waals surface area contributed by atoms with Crippen molar-refractivity contribution >= 4 is 0 Å². The van der Waals surface area contributed by atoms with Crippen LogP contribution < -0.4 is 0 Å². The van der Waals surface area contributed by atoms with Crippen molar-refractivity contribution < 1.29 is 0 Å². The largest absolute Gasteiger partial charge is 0.296 e. The Bertz CT molecular complexity index is 384. The summed E-state index contributed by atoms with van der Waals surface area (Å²) in [6.45, 7) is 2.56. The zero-order valence-corrected chi connectivity index (χ0v) is 9.68. The Balaban J connectivity index is 1.54. The fourth-order valence-electron chi connectivity index (χ4n) is 4.52. The minimum Gasteiger partial charge on any atom is -0.296 e. The molecule has 0 spiro atoms. The van der Waals surface area contributed by atoms with Crippen molar-refractivity contribution in [1.82, 2.24) is 4.90 Å². The van der Waals surface area contributed by atoms with Crippen molar-refractivity contribution in [2.24, 2.45) is 17.8 Å². The number of hydrogen-bond donors (Lipinski definition) is 0. The highest BCUT2D eigenvalue weighted by Gasteiger charge is 2.53. The molecule has 1 heterocycles. The zero-order chi connectivity index (χ0) is 10.5. The third-order valence-electron chi connectivity index (χ3n) is 5.08. The van der Waals surface area contributed by atoms with Gasteiger partial charge in [-0.15, -0.1) is 0 Å². The van der Waals surface area contributed by atoms with Crippen LogP contribution in [0.2, 0.25) is 0 Å². The van der Waals surface area contributed by atoms with Crippen LogP contribution in [0, 0.1) is 17.8 Å². The average molecular weight is 213 g/mol. The average Bonchev–Trinajstić information content (AvgIpc) is 2.91. The molecule has 3 aliphatic rings. The lowest BCUT2D eigenvalue weighted by Crippen LogP contribution is -2.29. The van der Waals surface area contributed by atoms with Crippen molar-refractivity contribution in [3.8, 4) is 0 Å². The lowest BCUT2D eigenvalue weighted by Gasteiger charge is -2.24. The smallest absolute Gasteiger partial charge is 0.0236 e. The summed E-state index contributed by atoms with van der Waals surface area (Å²) in [5, 5.41) is 0. The molecule has 84 valence electrons. The second-order valence-electron chi connectivity index (χ2n) is 5.98. The molecule has 16 heavy (non-hydrogen) atoms. The first-order valence-electron chi connectivity index (χ1n) is 6.68. The minimum absolute atomic E-state index is 0.934. The van der Waals surface area contributed by atoms with Gasteiger partial charge in [0.05, 0.1) is 0 Å². The van der Waals surface area contributed by atoms with Gasteiger partial charge in [0.1, 0.15) is 0 Å². The van der Waals surface area contributed by atoms with Gasteiger partial charge in [-0.05, 0) is 42.6 Å². The van der Waals surface area contributed by atoms with Gasteiger partial charge in [0.2, 0.25) is 0 Å². The van der Waals surface area contributed by atoms with E-state index in [0.29, 0.717) is 0 Å². The lowest BCUT2D eigenvalue weighted by molar-refractivity contribution is 0.229. The molecule has 2 aliphatic carbocycles. The molecule has 4 unspecified atom stereocenters. The topological polar surface area (TPSA) is 3.24 Å². The fourth-order valence-corrected chi connectivity index (χ4v) is 4.52. The molecule has 0 aromatic heterocycles. The highest BCUT2D eigenvalue weighted by atomic mass is 15.2. The summed E-state index contributed by atoms with van der Waals surface area (Å²) >= 11 is 0. The molecule has 0 radical (unpaired) electrons. The Morgan fingerprint density at radius 3 is 2.69 bits per heavy atom. The van der Waals surface area contributed by atoms with Crippen LogP contribution in [0.1, 0.15) is 24.8 Å². The van der Waals surface area contributed by atoms with Crippen LogP contribution in [0.5, 0.6) is 0 Å². The molecule has 1 nitrogen and oxygen atoms in total. The van der Waals surface area contributed by atoms with E-state index < -0.39 is 0 Å². The summed E-state index contributed by atoms with van der Waals surface area (Å²) in [5.41, 5.74) is 1.49. The van der Waals surface area contributed by atoms with Gasteiger partial charge in [-0.1, -0.05) is 30.3 Å². The molecule has 1 aromatic carbocycles. The summed E-state index contributed by atoms with van der Waals surface area (Å²) in [6, 6.07) is 11.9. The quantitative estimate of drug-likeness (QED) is 0.730. The van der Waals surface area contributed by atoms with Crippen molar-refractivity contribution in [3.05, 3.63) is 35.9 Å². The van der Waals surface area contributed by atoms with Gasteiger partial charge in [-0.2, -0.15) is 0 Å². The molecular formula is C15H19N. The number of nitrogens with zero attached hydrogens (tertiary/aromatic N) is 1. The van der Waals surface area contributed by atoms with E-state index in [1.807, 2.05) is 0 Å². The van der Waals surface area contributed by atoms with E-state index in [-0.39, 0.29) is 0 Å². The van der Waals surface area contributed by atoms with Gasteiger partial charge in [0, 0.05) is 19.1 Å². The van der Waals surface area contributed by atoms with Crippen molar-refractivity contribution in [3.63, 3.8) is 0 Å². The van der Waals surface area contributed by atoms with Gasteiger partial charge in [0.15, 0.2) is 0 Å². The molecule has 1 heteroatoms. The molecule has 0 N–H and O–H groups in total. The second kappa shape index (κ2) is 3.33. The Kier molecular flexibility index (Phi) is 1.92. The predicted octanol–water partition coefficient (Wildman–Crippen LogP) is 2.92. The summed E-state index contributed by atoms with van der Waals surface area (Å²) in [5.74, 6) is 3.20. The minimum atomic E-state index is 0.934. The Hall–Kier alpha value is -0.820. The van der Waals surface area contributed by atoms with Crippen molar-refractivity contribution in [2.45, 2.75) is 31.8 Å². The summed E-state index contributed by atoms with van der Waals surface area (Å²) < 4.78 is 0. The number of fused-ring (bicyclic) bond motifs is 1. The monoisotopic (exact) mass is 213 g/mol. The molecule has 4 atom stereocenters. The van der Waals surface area contributed by atoms with Crippen LogP contribution >= 0.6 is 0 Å². The first-order chi connectivity index (χ1) is 7.90. The molecule has 1 aliphatic heterocycles. The predicted molar refractivity (Wildman–Crippen MR) is 65.0 cm³/mol. The lowest BCUT2D eigenvalue weighted by atomic mass is 9.90. The van der Waals surface area contributed by atoms with Crippen LogP contribution in [0.3, 0.4) is 0 Å². The standard InChI is InChI=1S/C15H19N/c1-2-4-11(5-3-1)9-16-10-13-6-12-7-14(13)15(16)8-12/h1-5,12-15H,6-10H2. The van der Waals surface area contributed by atoms with Gasteiger partial charge < -0.3 is 0 Å². The van der Waals surface area contributed by atoms with E-state index in [4.69, 9.17) is 0 Å². The van der Waals surface area contributed by atoms with E-state index in [9.17, 15) is 0 Å². The highest BCUT2D eigenvalue weighted by molar-refractivity contribution is 5.16. The van der Waals surface area contributed by atoms with Gasteiger partial charge in [-0.25, -0.2) is 0 Å². The third kappa shape index (κ3) is 1.27. The number of likely N-dealkylation sites (tertiary alicyclic amines) is 1. The van der Waals surface area contributed by atoms with Crippen molar-refractivity contribution in [1.29, 1.82) is 0 Å². The third-order valence-corrected chi connectivity index (χ3v) is 5.08. The molecule has 1 aromatic rings.